The molecule has 0 aromatic carbocycles. The van der Waals surface area contributed by atoms with Crippen molar-refractivity contribution in [2.24, 2.45) is 0 Å². The van der Waals surface area contributed by atoms with Gasteiger partial charge in [-0.2, -0.15) is 0 Å². The van der Waals surface area contributed by atoms with Gasteiger partial charge >= 0.3 is 0 Å². The maximum absolute atomic E-state index is 10.1. The average Bonchev–Trinajstić information content (AvgIpc) is 2.03. The Morgan fingerprint density at radius 2 is 1.90 bits per heavy atom. The lowest BCUT2D eigenvalue weighted by atomic mass is 10.5. The number of nitrogens with one attached hydrogen (secondary N) is 1. The Balaban J connectivity index is 0. The summed E-state index contributed by atoms with van der Waals surface area (Å²) in [6, 6.07) is 0. The van der Waals surface area contributed by atoms with E-state index in [1.807, 2.05) is 13.8 Å². The molecule has 1 amide bonds. The zero-order valence-corrected chi connectivity index (χ0v) is 7.23. The van der Waals surface area contributed by atoms with Crippen molar-refractivity contribution < 1.29 is 9.53 Å². The van der Waals surface area contributed by atoms with E-state index in [-0.39, 0.29) is 5.91 Å². The second-order valence-corrected chi connectivity index (χ2v) is 1.60. The lowest BCUT2D eigenvalue weighted by Crippen LogP contribution is -2.15. The molecule has 10 heavy (non-hydrogen) atoms. The Bertz CT molecular complexity index is 66.0. The number of hydrogen-bond acceptors (Lipinski definition) is 2. The molecule has 0 saturated heterocycles. The first-order valence-electron chi connectivity index (χ1n) is 3.42. The van der Waals surface area contributed by atoms with Crippen molar-refractivity contribution in [2.45, 2.75) is 20.3 Å². The minimum atomic E-state index is 0.0926. The van der Waals surface area contributed by atoms with Gasteiger partial charge in [0.1, 0.15) is 0 Å². The van der Waals surface area contributed by atoms with Crippen LogP contribution in [0.3, 0.4) is 0 Å². The molecule has 0 atom stereocenters. The average molecular weight is 147 g/mol. The highest BCUT2D eigenvalue weighted by Gasteiger charge is 1.84. The van der Waals surface area contributed by atoms with E-state index in [2.05, 4.69) is 10.1 Å². The molecule has 0 radical (unpaired) electrons. The van der Waals surface area contributed by atoms with Crippen LogP contribution in [0.4, 0.5) is 0 Å². The molecule has 3 heteroatoms. The van der Waals surface area contributed by atoms with Crippen LogP contribution in [0.5, 0.6) is 0 Å². The van der Waals surface area contributed by atoms with Gasteiger partial charge < -0.3 is 10.1 Å². The van der Waals surface area contributed by atoms with E-state index < -0.39 is 0 Å². The molecule has 0 spiro atoms. The van der Waals surface area contributed by atoms with Gasteiger partial charge in [0.05, 0.1) is 0 Å². The molecule has 0 saturated carbocycles. The minimum Gasteiger partial charge on any atom is -0.385 e. The lowest BCUT2D eigenvalue weighted by molar-refractivity contribution is -0.120. The molecule has 0 fully saturated rings. The van der Waals surface area contributed by atoms with Crippen LogP contribution in [0.15, 0.2) is 0 Å². The molecule has 0 heterocycles. The first-order chi connectivity index (χ1) is 4.72. The lowest BCUT2D eigenvalue weighted by Gasteiger charge is -1.87. The van der Waals surface area contributed by atoms with Crippen molar-refractivity contribution in [1.29, 1.82) is 0 Å². The van der Waals surface area contributed by atoms with Gasteiger partial charge in [0, 0.05) is 27.2 Å². The van der Waals surface area contributed by atoms with Crippen molar-refractivity contribution in [3.63, 3.8) is 0 Å². The molecule has 0 aliphatic rings. The van der Waals surface area contributed by atoms with Gasteiger partial charge in [0.25, 0.3) is 0 Å². The van der Waals surface area contributed by atoms with Crippen molar-refractivity contribution in [2.75, 3.05) is 20.8 Å². The van der Waals surface area contributed by atoms with E-state index in [1.54, 1.807) is 14.2 Å². The molecule has 3 nitrogen and oxygen atoms in total. The SMILES string of the molecule is CCC(=O)NC.CCOC. The highest BCUT2D eigenvalue weighted by molar-refractivity contribution is 5.74. The van der Waals surface area contributed by atoms with E-state index in [4.69, 9.17) is 0 Å². The summed E-state index contributed by atoms with van der Waals surface area (Å²) in [5.74, 6) is 0.0926. The zero-order chi connectivity index (χ0) is 8.41. The second kappa shape index (κ2) is 11.3. The predicted octanol–water partition coefficient (Wildman–Crippen LogP) is 0.795. The summed E-state index contributed by atoms with van der Waals surface area (Å²) < 4.78 is 4.54. The third-order valence-electron chi connectivity index (χ3n) is 0.889. The van der Waals surface area contributed by atoms with Gasteiger partial charge in [-0.1, -0.05) is 6.92 Å². The molecule has 1 N–H and O–H groups in total. The quantitative estimate of drug-likeness (QED) is 0.627. The third-order valence-corrected chi connectivity index (χ3v) is 0.889. The summed E-state index contributed by atoms with van der Waals surface area (Å²) in [6.45, 7) is 4.60. The molecule has 0 unspecified atom stereocenters. The standard InChI is InChI=1S/C4H9NO.C3H8O/c1-3-4(6)5-2;1-3-4-2/h3H2,1-2H3,(H,5,6);3H2,1-2H3. The van der Waals surface area contributed by atoms with Crippen LogP contribution >= 0.6 is 0 Å². The monoisotopic (exact) mass is 147 g/mol. The normalized spacial score (nSPS) is 7.60. The topological polar surface area (TPSA) is 38.3 Å². The van der Waals surface area contributed by atoms with Crippen LogP contribution in [0, 0.1) is 0 Å². The van der Waals surface area contributed by atoms with Gasteiger partial charge in [-0.25, -0.2) is 0 Å². The van der Waals surface area contributed by atoms with Crippen molar-refractivity contribution >= 4 is 5.91 Å². The minimum absolute atomic E-state index is 0.0926. The molecular formula is C7H17NO2. The van der Waals surface area contributed by atoms with Gasteiger partial charge in [-0.05, 0) is 6.92 Å². The Labute approximate surface area is 62.8 Å². The molecule has 0 aromatic rings. The largest absolute Gasteiger partial charge is 0.385 e. The van der Waals surface area contributed by atoms with Gasteiger partial charge in [-0.15, -0.1) is 0 Å². The first-order valence-corrected chi connectivity index (χ1v) is 3.42. The summed E-state index contributed by atoms with van der Waals surface area (Å²) >= 11 is 0. The third kappa shape index (κ3) is 15.7. The number of hydrogen-bond donors (Lipinski definition) is 1. The summed E-state index contributed by atoms with van der Waals surface area (Å²) in [4.78, 5) is 10.1. The number of ether oxygens (including phenoxy) is 1. The molecule has 0 rings (SSSR count). The summed E-state index contributed by atoms with van der Waals surface area (Å²) in [5.41, 5.74) is 0. The van der Waals surface area contributed by atoms with E-state index in [0.717, 1.165) is 6.61 Å². The number of rotatable bonds is 2. The number of methoxy groups -OCH3 is 1. The number of amides is 1. The van der Waals surface area contributed by atoms with Crippen LogP contribution in [-0.4, -0.2) is 26.7 Å². The Hall–Kier alpha value is -0.570. The van der Waals surface area contributed by atoms with Crippen LogP contribution in [-0.2, 0) is 9.53 Å². The van der Waals surface area contributed by atoms with Crippen molar-refractivity contribution in [3.05, 3.63) is 0 Å². The van der Waals surface area contributed by atoms with Crippen LogP contribution in [0.1, 0.15) is 20.3 Å². The molecule has 0 bridgehead atoms. The molecule has 0 aliphatic heterocycles. The molecule has 62 valence electrons. The van der Waals surface area contributed by atoms with Gasteiger partial charge in [0.15, 0.2) is 0 Å². The van der Waals surface area contributed by atoms with Crippen molar-refractivity contribution in [3.8, 4) is 0 Å². The van der Waals surface area contributed by atoms with E-state index in [9.17, 15) is 4.79 Å². The summed E-state index contributed by atoms with van der Waals surface area (Å²) in [7, 11) is 3.31. The van der Waals surface area contributed by atoms with Crippen LogP contribution in [0.25, 0.3) is 0 Å². The maximum atomic E-state index is 10.1. The molecule has 0 aromatic heterocycles. The van der Waals surface area contributed by atoms with E-state index in [1.165, 1.54) is 0 Å². The highest BCUT2D eigenvalue weighted by atomic mass is 16.5. The Kier molecular flexibility index (Phi) is 13.7. The first kappa shape index (κ1) is 12.1. The number of carbonyl (C=O) groups is 1. The number of carbonyl (C=O) groups excluding carboxylic acids is 1. The fraction of sp³-hybridized carbons (Fsp3) is 0.857. The summed E-state index contributed by atoms with van der Waals surface area (Å²) in [5, 5.41) is 2.48. The van der Waals surface area contributed by atoms with Gasteiger partial charge in [0.2, 0.25) is 5.91 Å². The fourth-order valence-corrected chi connectivity index (χ4v) is 0.177. The predicted molar refractivity (Wildman–Crippen MR) is 41.9 cm³/mol. The zero-order valence-electron chi connectivity index (χ0n) is 7.23. The molecular weight excluding hydrogens is 130 g/mol. The highest BCUT2D eigenvalue weighted by Crippen LogP contribution is 1.68. The molecule has 0 aliphatic carbocycles. The summed E-state index contributed by atoms with van der Waals surface area (Å²) in [6.07, 6.45) is 0.580. The van der Waals surface area contributed by atoms with E-state index in [0.29, 0.717) is 6.42 Å². The Morgan fingerprint density at radius 3 is 1.90 bits per heavy atom. The van der Waals surface area contributed by atoms with E-state index >= 15 is 0 Å². The van der Waals surface area contributed by atoms with Crippen molar-refractivity contribution in [1.82, 2.24) is 5.32 Å². The smallest absolute Gasteiger partial charge is 0.219 e. The Morgan fingerprint density at radius 1 is 1.50 bits per heavy atom. The maximum Gasteiger partial charge on any atom is 0.219 e. The second-order valence-electron chi connectivity index (χ2n) is 1.60. The fourth-order valence-electron chi connectivity index (χ4n) is 0.177. The van der Waals surface area contributed by atoms with Gasteiger partial charge in [-0.3, -0.25) is 4.79 Å². The van der Waals surface area contributed by atoms with Crippen LogP contribution in [0.2, 0.25) is 0 Å². The van der Waals surface area contributed by atoms with Crippen LogP contribution < -0.4 is 5.32 Å².